The number of ether oxygens (including phenoxy) is 1. The smallest absolute Gasteiger partial charge is 0.295 e. The topological polar surface area (TPSA) is 87.1 Å². The zero-order chi connectivity index (χ0) is 21.4. The van der Waals surface area contributed by atoms with Crippen LogP contribution < -0.4 is 4.74 Å². The number of phenolic OH excluding ortho intramolecular Hbond substituents is 1. The molecule has 1 saturated heterocycles. The van der Waals surface area contributed by atoms with E-state index >= 15 is 0 Å². The maximum absolute atomic E-state index is 13.1. The minimum absolute atomic E-state index is 0.0393. The minimum Gasteiger partial charge on any atom is -0.508 e. The summed E-state index contributed by atoms with van der Waals surface area (Å²) < 4.78 is 5.23. The van der Waals surface area contributed by atoms with E-state index in [1.807, 2.05) is 6.92 Å². The second kappa shape index (κ2) is 7.86. The average Bonchev–Trinajstić information content (AvgIpc) is 3.35. The van der Waals surface area contributed by atoms with Gasteiger partial charge < -0.3 is 19.8 Å². The van der Waals surface area contributed by atoms with Crippen LogP contribution in [0.15, 0.2) is 48.0 Å². The van der Waals surface area contributed by atoms with Crippen molar-refractivity contribution < 1.29 is 24.5 Å². The normalized spacial score (nSPS) is 21.4. The van der Waals surface area contributed by atoms with Crippen LogP contribution in [-0.2, 0) is 9.59 Å². The molecule has 4 rings (SSSR count). The summed E-state index contributed by atoms with van der Waals surface area (Å²) in [7, 11) is 1.56. The van der Waals surface area contributed by atoms with Crippen molar-refractivity contribution in [2.45, 2.75) is 44.7 Å². The number of hydrogen-bond acceptors (Lipinski definition) is 5. The fourth-order valence-corrected chi connectivity index (χ4v) is 4.57. The van der Waals surface area contributed by atoms with Gasteiger partial charge in [-0.05, 0) is 61.2 Å². The number of Topliss-reactive ketones (excluding diaryl/α,β-unsaturated/α-hetero) is 1. The Morgan fingerprint density at radius 1 is 1.07 bits per heavy atom. The Kier molecular flexibility index (Phi) is 5.24. The maximum Gasteiger partial charge on any atom is 0.295 e. The Morgan fingerprint density at radius 3 is 2.33 bits per heavy atom. The summed E-state index contributed by atoms with van der Waals surface area (Å²) >= 11 is 0. The summed E-state index contributed by atoms with van der Waals surface area (Å²) in [6, 6.07) is 10.9. The molecule has 2 aromatic carbocycles. The number of carbonyl (C=O) groups is 2. The second-order valence-electron chi connectivity index (χ2n) is 7.92. The number of methoxy groups -OCH3 is 1. The molecular formula is C24H25NO5. The molecule has 1 aliphatic heterocycles. The molecule has 1 aliphatic carbocycles. The molecule has 156 valence electrons. The molecule has 2 aliphatic rings. The Labute approximate surface area is 175 Å². The van der Waals surface area contributed by atoms with Crippen molar-refractivity contribution in [1.82, 2.24) is 4.90 Å². The van der Waals surface area contributed by atoms with Crippen LogP contribution in [0.25, 0.3) is 5.76 Å². The van der Waals surface area contributed by atoms with Crippen molar-refractivity contribution >= 4 is 17.4 Å². The molecule has 2 fully saturated rings. The number of aryl methyl sites for hydroxylation is 1. The number of phenols is 1. The highest BCUT2D eigenvalue weighted by Crippen LogP contribution is 2.44. The van der Waals surface area contributed by atoms with Gasteiger partial charge >= 0.3 is 0 Å². The number of benzene rings is 2. The summed E-state index contributed by atoms with van der Waals surface area (Å²) in [5, 5.41) is 20.9. The minimum atomic E-state index is -0.685. The van der Waals surface area contributed by atoms with Crippen LogP contribution >= 0.6 is 0 Å². The molecule has 0 aromatic heterocycles. The molecule has 1 heterocycles. The van der Waals surface area contributed by atoms with Crippen LogP contribution in [0.3, 0.4) is 0 Å². The van der Waals surface area contributed by atoms with E-state index in [2.05, 4.69) is 0 Å². The number of aliphatic hydroxyl groups excluding tert-OH is 1. The summed E-state index contributed by atoms with van der Waals surface area (Å²) in [4.78, 5) is 27.8. The van der Waals surface area contributed by atoms with E-state index < -0.39 is 17.7 Å². The lowest BCUT2D eigenvalue weighted by molar-refractivity contribution is -0.141. The lowest BCUT2D eigenvalue weighted by Crippen LogP contribution is -2.37. The first-order chi connectivity index (χ1) is 14.4. The van der Waals surface area contributed by atoms with Gasteiger partial charge in [-0.1, -0.05) is 25.0 Å². The third-order valence-electron chi connectivity index (χ3n) is 6.10. The number of amides is 1. The van der Waals surface area contributed by atoms with E-state index in [4.69, 9.17) is 4.74 Å². The van der Waals surface area contributed by atoms with Gasteiger partial charge in [-0.3, -0.25) is 9.59 Å². The zero-order valence-electron chi connectivity index (χ0n) is 17.1. The van der Waals surface area contributed by atoms with Gasteiger partial charge in [0, 0.05) is 11.6 Å². The molecule has 1 atom stereocenters. The maximum atomic E-state index is 13.1. The lowest BCUT2D eigenvalue weighted by Gasteiger charge is -2.30. The van der Waals surface area contributed by atoms with E-state index in [-0.39, 0.29) is 23.1 Å². The molecule has 6 nitrogen and oxygen atoms in total. The van der Waals surface area contributed by atoms with Gasteiger partial charge in [0.1, 0.15) is 17.3 Å². The van der Waals surface area contributed by atoms with E-state index in [0.717, 1.165) is 31.2 Å². The first-order valence-corrected chi connectivity index (χ1v) is 10.2. The van der Waals surface area contributed by atoms with Crippen molar-refractivity contribution in [3.05, 3.63) is 64.7 Å². The standard InChI is InChI=1S/C24H25NO5/c1-14-13-18(30-2)11-12-19(14)22(27)20-21(15-7-9-17(26)10-8-15)25(24(29)23(20)28)16-5-3-4-6-16/h7-13,16,21,26-27H,3-6H2,1-2H3/b22-20-. The van der Waals surface area contributed by atoms with E-state index in [0.29, 0.717) is 16.9 Å². The molecule has 1 amide bonds. The van der Waals surface area contributed by atoms with Gasteiger partial charge in [0.05, 0.1) is 18.7 Å². The third kappa shape index (κ3) is 3.32. The number of rotatable bonds is 4. The number of carbonyl (C=O) groups excluding carboxylic acids is 2. The first-order valence-electron chi connectivity index (χ1n) is 10.2. The highest BCUT2D eigenvalue weighted by Gasteiger charge is 2.49. The molecule has 0 bridgehead atoms. The monoisotopic (exact) mass is 407 g/mol. The fourth-order valence-electron chi connectivity index (χ4n) is 4.57. The van der Waals surface area contributed by atoms with Gasteiger partial charge in [-0.25, -0.2) is 0 Å². The molecule has 0 spiro atoms. The van der Waals surface area contributed by atoms with Crippen LogP contribution in [0, 0.1) is 6.92 Å². The van der Waals surface area contributed by atoms with E-state index in [1.165, 1.54) is 12.1 Å². The number of aliphatic hydroxyl groups is 1. The van der Waals surface area contributed by atoms with Gasteiger partial charge in [0.15, 0.2) is 0 Å². The Hall–Kier alpha value is -3.28. The van der Waals surface area contributed by atoms with Crippen LogP contribution in [0.5, 0.6) is 11.5 Å². The van der Waals surface area contributed by atoms with Crippen molar-refractivity contribution in [3.63, 3.8) is 0 Å². The van der Waals surface area contributed by atoms with Crippen molar-refractivity contribution in [2.75, 3.05) is 7.11 Å². The van der Waals surface area contributed by atoms with Gasteiger partial charge in [-0.2, -0.15) is 0 Å². The molecule has 2 N–H and O–H groups in total. The number of aromatic hydroxyl groups is 1. The molecule has 1 unspecified atom stereocenters. The Balaban J connectivity index is 1.89. The molecule has 1 saturated carbocycles. The number of nitrogens with zero attached hydrogens (tertiary/aromatic N) is 1. The van der Waals surface area contributed by atoms with Gasteiger partial charge in [-0.15, -0.1) is 0 Å². The predicted octanol–water partition coefficient (Wildman–Crippen LogP) is 4.07. The Morgan fingerprint density at radius 2 is 1.73 bits per heavy atom. The lowest BCUT2D eigenvalue weighted by atomic mass is 9.93. The van der Waals surface area contributed by atoms with Gasteiger partial charge in [0.2, 0.25) is 0 Å². The number of hydrogen-bond donors (Lipinski definition) is 2. The molecule has 6 heteroatoms. The predicted molar refractivity (Wildman–Crippen MR) is 112 cm³/mol. The van der Waals surface area contributed by atoms with Gasteiger partial charge in [0.25, 0.3) is 11.7 Å². The van der Waals surface area contributed by atoms with Crippen LogP contribution in [0.1, 0.15) is 48.4 Å². The highest BCUT2D eigenvalue weighted by molar-refractivity contribution is 6.46. The van der Waals surface area contributed by atoms with Crippen molar-refractivity contribution in [1.29, 1.82) is 0 Å². The summed E-state index contributed by atoms with van der Waals surface area (Å²) in [5.74, 6) is -0.694. The summed E-state index contributed by atoms with van der Waals surface area (Å²) in [6.07, 6.45) is 3.69. The SMILES string of the molecule is COc1ccc(/C(O)=C2/C(=O)C(=O)N(C3CCCC3)C2c2ccc(O)cc2)c(C)c1. The average molecular weight is 407 g/mol. The summed E-state index contributed by atoms with van der Waals surface area (Å²) in [5.41, 5.74) is 2.00. The Bertz CT molecular complexity index is 1020. The number of likely N-dealkylation sites (tertiary alicyclic amines) is 1. The van der Waals surface area contributed by atoms with Crippen LogP contribution in [0.4, 0.5) is 0 Å². The largest absolute Gasteiger partial charge is 0.508 e. The molecular weight excluding hydrogens is 382 g/mol. The fraction of sp³-hybridized carbons (Fsp3) is 0.333. The van der Waals surface area contributed by atoms with E-state index in [1.54, 1.807) is 42.3 Å². The number of ketones is 1. The van der Waals surface area contributed by atoms with Crippen LogP contribution in [-0.4, -0.2) is 40.0 Å². The third-order valence-corrected chi connectivity index (χ3v) is 6.10. The molecule has 30 heavy (non-hydrogen) atoms. The van der Waals surface area contributed by atoms with Crippen LogP contribution in [0.2, 0.25) is 0 Å². The van der Waals surface area contributed by atoms with Crippen molar-refractivity contribution in [2.24, 2.45) is 0 Å². The first kappa shape index (κ1) is 20.0. The molecule has 0 radical (unpaired) electrons. The zero-order valence-corrected chi connectivity index (χ0v) is 17.1. The highest BCUT2D eigenvalue weighted by atomic mass is 16.5. The molecule has 2 aromatic rings. The van der Waals surface area contributed by atoms with E-state index in [9.17, 15) is 19.8 Å². The summed E-state index contributed by atoms with van der Waals surface area (Å²) in [6.45, 7) is 1.82. The second-order valence-corrected chi connectivity index (χ2v) is 7.92. The van der Waals surface area contributed by atoms with Crippen molar-refractivity contribution in [3.8, 4) is 11.5 Å². The quantitative estimate of drug-likeness (QED) is 0.453.